The first kappa shape index (κ1) is 19.1. The predicted molar refractivity (Wildman–Crippen MR) is 104 cm³/mol. The molecule has 0 saturated carbocycles. The van der Waals surface area contributed by atoms with Crippen molar-refractivity contribution < 1.29 is 14.0 Å². The summed E-state index contributed by atoms with van der Waals surface area (Å²) in [5, 5.41) is 8.04. The van der Waals surface area contributed by atoms with Gasteiger partial charge >= 0.3 is 0 Å². The van der Waals surface area contributed by atoms with Gasteiger partial charge in [-0.05, 0) is 51.8 Å². The summed E-state index contributed by atoms with van der Waals surface area (Å²) in [5.74, 6) is 0.269. The number of carbonyl (C=O) groups excluding carboxylic acids is 2. The first-order valence-electron chi connectivity index (χ1n) is 8.60. The zero-order valence-electron chi connectivity index (χ0n) is 15.9. The average molecular weight is 383 g/mol. The lowest BCUT2D eigenvalue weighted by Crippen LogP contribution is -2.15. The number of ketones is 2. The van der Waals surface area contributed by atoms with Crippen molar-refractivity contribution in [2.75, 3.05) is 0 Å². The van der Waals surface area contributed by atoms with Gasteiger partial charge in [-0.2, -0.15) is 0 Å². The van der Waals surface area contributed by atoms with Crippen LogP contribution in [0.1, 0.15) is 51.5 Å². The second-order valence-corrected chi connectivity index (χ2v) is 7.79. The maximum absolute atomic E-state index is 12.8. The normalized spacial score (nSPS) is 12.2. The molecule has 140 valence electrons. The summed E-state index contributed by atoms with van der Waals surface area (Å²) in [4.78, 5) is 27.7. The molecule has 0 spiro atoms. The molecule has 0 amide bonds. The Labute approximate surface area is 161 Å². The third-order valence-corrected chi connectivity index (χ3v) is 5.40. The number of Topliss-reactive ketones (excluding diaryl/α,β-unsaturated/α-hetero) is 2. The van der Waals surface area contributed by atoms with Crippen molar-refractivity contribution in [2.45, 2.75) is 45.1 Å². The van der Waals surface area contributed by atoms with E-state index >= 15 is 0 Å². The lowest BCUT2D eigenvalue weighted by Gasteiger charge is -2.07. The highest BCUT2D eigenvalue weighted by atomic mass is 32.2. The highest BCUT2D eigenvalue weighted by Gasteiger charge is 2.26. The molecule has 3 rings (SSSR count). The van der Waals surface area contributed by atoms with Crippen molar-refractivity contribution in [3.8, 4) is 11.5 Å². The lowest BCUT2D eigenvalue weighted by molar-refractivity contribution is 0.0988. The predicted octanol–water partition coefficient (Wildman–Crippen LogP) is 4.56. The highest BCUT2D eigenvalue weighted by molar-refractivity contribution is 8.00. The van der Waals surface area contributed by atoms with Crippen molar-refractivity contribution in [1.29, 1.82) is 0 Å². The average Bonchev–Trinajstić information content (AvgIpc) is 3.18. The third-order valence-electron chi connectivity index (χ3n) is 4.46. The first-order valence-corrected chi connectivity index (χ1v) is 9.48. The standard InChI is InChI=1S/C20H21N3O3S/c1-10-8-6-7-9-15(10)19-22-23-20(26-19)27-14(5)18(25)17-11(2)16(13(4)24)12(3)21-17/h6-9,14,21H,1-5H3/t14-/m0/s1. The Bertz CT molecular complexity index is 1020. The number of hydrogen-bond acceptors (Lipinski definition) is 6. The van der Waals surface area contributed by atoms with E-state index in [1.165, 1.54) is 18.7 Å². The summed E-state index contributed by atoms with van der Waals surface area (Å²) in [7, 11) is 0. The maximum atomic E-state index is 12.8. The maximum Gasteiger partial charge on any atom is 0.277 e. The number of aryl methyl sites for hydroxylation is 2. The minimum Gasteiger partial charge on any atom is -0.411 e. The Morgan fingerprint density at radius 1 is 1.15 bits per heavy atom. The van der Waals surface area contributed by atoms with Crippen molar-refractivity contribution in [3.05, 3.63) is 52.3 Å². The molecule has 2 heterocycles. The molecule has 0 aliphatic rings. The Kier molecular flexibility index (Phi) is 5.32. The molecular weight excluding hydrogens is 362 g/mol. The van der Waals surface area contributed by atoms with Gasteiger partial charge in [0.05, 0.1) is 10.9 Å². The summed E-state index contributed by atoms with van der Waals surface area (Å²) in [5.41, 5.74) is 4.34. The van der Waals surface area contributed by atoms with Crippen LogP contribution in [0.4, 0.5) is 0 Å². The highest BCUT2D eigenvalue weighted by Crippen LogP contribution is 2.30. The number of thioether (sulfide) groups is 1. The van der Waals surface area contributed by atoms with Crippen LogP contribution in [-0.2, 0) is 0 Å². The van der Waals surface area contributed by atoms with Gasteiger partial charge in [0.1, 0.15) is 0 Å². The second kappa shape index (κ2) is 7.52. The van der Waals surface area contributed by atoms with Crippen LogP contribution in [0.25, 0.3) is 11.5 Å². The molecule has 3 aromatic rings. The third kappa shape index (κ3) is 3.73. The van der Waals surface area contributed by atoms with E-state index < -0.39 is 5.25 Å². The zero-order valence-corrected chi connectivity index (χ0v) is 16.7. The largest absolute Gasteiger partial charge is 0.411 e. The number of nitrogens with one attached hydrogen (secondary N) is 1. The number of carbonyl (C=O) groups is 2. The van der Waals surface area contributed by atoms with Crippen LogP contribution in [0.5, 0.6) is 0 Å². The van der Waals surface area contributed by atoms with Gasteiger partial charge < -0.3 is 9.40 Å². The molecule has 0 fully saturated rings. The molecular formula is C20H21N3O3S. The van der Waals surface area contributed by atoms with E-state index in [1.807, 2.05) is 31.2 Å². The van der Waals surface area contributed by atoms with Crippen molar-refractivity contribution in [1.82, 2.24) is 15.2 Å². The number of nitrogens with zero attached hydrogens (tertiary/aromatic N) is 2. The van der Waals surface area contributed by atoms with Gasteiger partial charge in [0.25, 0.3) is 5.22 Å². The monoisotopic (exact) mass is 383 g/mol. The number of aromatic amines is 1. The Morgan fingerprint density at radius 2 is 1.85 bits per heavy atom. The molecule has 0 unspecified atom stereocenters. The molecule has 1 N–H and O–H groups in total. The van der Waals surface area contributed by atoms with Gasteiger partial charge in [-0.25, -0.2) is 0 Å². The van der Waals surface area contributed by atoms with Gasteiger partial charge in [-0.1, -0.05) is 30.0 Å². The van der Waals surface area contributed by atoms with Crippen LogP contribution < -0.4 is 0 Å². The van der Waals surface area contributed by atoms with Crippen LogP contribution in [-0.4, -0.2) is 32.0 Å². The topological polar surface area (TPSA) is 88.9 Å². The van der Waals surface area contributed by atoms with Gasteiger partial charge in [-0.15, -0.1) is 10.2 Å². The molecule has 7 heteroatoms. The summed E-state index contributed by atoms with van der Waals surface area (Å²) in [6.45, 7) is 8.84. The van der Waals surface area contributed by atoms with Crippen LogP contribution in [0.3, 0.4) is 0 Å². The summed E-state index contributed by atoms with van der Waals surface area (Å²) in [6.07, 6.45) is 0. The lowest BCUT2D eigenvalue weighted by atomic mass is 10.0. The SMILES string of the molecule is CC(=O)c1c(C)[nH]c(C(=O)[C@H](C)Sc2nnc(-c3ccccc3C)o2)c1C. The zero-order chi connectivity index (χ0) is 19.7. The molecule has 1 aromatic carbocycles. The minimum atomic E-state index is -0.438. The molecule has 0 saturated heterocycles. The van der Waals surface area contributed by atoms with Crippen LogP contribution in [0.2, 0.25) is 0 Å². The van der Waals surface area contributed by atoms with Crippen LogP contribution in [0, 0.1) is 20.8 Å². The fourth-order valence-corrected chi connectivity index (χ4v) is 3.85. The fourth-order valence-electron chi connectivity index (χ4n) is 3.11. The molecule has 0 radical (unpaired) electrons. The number of aromatic nitrogens is 3. The number of rotatable bonds is 6. The number of benzene rings is 1. The van der Waals surface area contributed by atoms with E-state index in [4.69, 9.17) is 4.42 Å². The van der Waals surface area contributed by atoms with E-state index in [-0.39, 0.29) is 11.6 Å². The summed E-state index contributed by atoms with van der Waals surface area (Å²) in [6, 6.07) is 7.75. The summed E-state index contributed by atoms with van der Waals surface area (Å²) >= 11 is 1.21. The molecule has 27 heavy (non-hydrogen) atoms. The van der Waals surface area contributed by atoms with Crippen LogP contribution in [0.15, 0.2) is 33.9 Å². The molecule has 0 aliphatic carbocycles. The Balaban J connectivity index is 1.79. The van der Waals surface area contributed by atoms with Gasteiger partial charge in [-0.3, -0.25) is 9.59 Å². The van der Waals surface area contributed by atoms with Crippen molar-refractivity contribution >= 4 is 23.3 Å². The molecule has 6 nitrogen and oxygen atoms in total. The Morgan fingerprint density at radius 3 is 2.48 bits per heavy atom. The molecule has 0 aliphatic heterocycles. The van der Waals surface area contributed by atoms with Crippen molar-refractivity contribution in [2.24, 2.45) is 0 Å². The van der Waals surface area contributed by atoms with E-state index in [0.29, 0.717) is 33.6 Å². The molecule has 1 atom stereocenters. The molecule has 2 aromatic heterocycles. The van der Waals surface area contributed by atoms with E-state index in [9.17, 15) is 9.59 Å². The van der Waals surface area contributed by atoms with Gasteiger partial charge in [0.15, 0.2) is 11.6 Å². The first-order chi connectivity index (χ1) is 12.8. The minimum absolute atomic E-state index is 0.0552. The van der Waals surface area contributed by atoms with E-state index in [1.54, 1.807) is 20.8 Å². The number of H-pyrrole nitrogens is 1. The summed E-state index contributed by atoms with van der Waals surface area (Å²) < 4.78 is 5.73. The quantitative estimate of drug-likeness (QED) is 0.496. The van der Waals surface area contributed by atoms with E-state index in [0.717, 1.165) is 11.1 Å². The van der Waals surface area contributed by atoms with Crippen molar-refractivity contribution in [3.63, 3.8) is 0 Å². The number of hydrogen-bond donors (Lipinski definition) is 1. The van der Waals surface area contributed by atoms with Gasteiger partial charge in [0.2, 0.25) is 5.89 Å². The van der Waals surface area contributed by atoms with E-state index in [2.05, 4.69) is 15.2 Å². The smallest absolute Gasteiger partial charge is 0.277 e. The van der Waals surface area contributed by atoms with Gasteiger partial charge in [0, 0.05) is 16.8 Å². The Hall–Kier alpha value is -2.67. The second-order valence-electron chi connectivity index (χ2n) is 6.49. The fraction of sp³-hybridized carbons (Fsp3) is 0.300. The van der Waals surface area contributed by atoms with Crippen LogP contribution >= 0.6 is 11.8 Å². The molecule has 0 bridgehead atoms.